The molecule has 2 atom stereocenters. The quantitative estimate of drug-likeness (QED) is 0.879. The summed E-state index contributed by atoms with van der Waals surface area (Å²) in [4.78, 5) is 8.51. The molecule has 1 aliphatic carbocycles. The molecule has 0 saturated heterocycles. The first-order valence-corrected chi connectivity index (χ1v) is 6.60. The summed E-state index contributed by atoms with van der Waals surface area (Å²) in [5.74, 6) is 0.808. The van der Waals surface area contributed by atoms with Crippen molar-refractivity contribution in [3.8, 4) is 0 Å². The Hall–Kier alpha value is -1.78. The van der Waals surface area contributed by atoms with Crippen LogP contribution in [0, 0.1) is 6.92 Å². The predicted molar refractivity (Wildman–Crippen MR) is 74.3 cm³/mol. The van der Waals surface area contributed by atoms with Crippen LogP contribution in [0.25, 0.3) is 0 Å². The van der Waals surface area contributed by atoms with Crippen LogP contribution >= 0.6 is 0 Å². The number of fused-ring (bicyclic) bond motifs is 1. The lowest BCUT2D eigenvalue weighted by atomic mass is 10.1. The van der Waals surface area contributed by atoms with E-state index in [4.69, 9.17) is 5.73 Å². The smallest absolute Gasteiger partial charge is 0.125 e. The van der Waals surface area contributed by atoms with Crippen LogP contribution in [0.3, 0.4) is 0 Å². The molecule has 1 aliphatic rings. The van der Waals surface area contributed by atoms with E-state index in [1.165, 1.54) is 11.1 Å². The minimum atomic E-state index is 0.140. The van der Waals surface area contributed by atoms with Crippen molar-refractivity contribution in [1.29, 1.82) is 0 Å². The van der Waals surface area contributed by atoms with Crippen LogP contribution in [-0.4, -0.2) is 9.97 Å². The maximum atomic E-state index is 6.16. The van der Waals surface area contributed by atoms with Gasteiger partial charge in [-0.15, -0.1) is 0 Å². The molecule has 0 radical (unpaired) electrons. The lowest BCUT2D eigenvalue weighted by Gasteiger charge is -2.13. The Kier molecular flexibility index (Phi) is 3.27. The highest BCUT2D eigenvalue weighted by Gasteiger charge is 2.27. The van der Waals surface area contributed by atoms with Gasteiger partial charge in [0.15, 0.2) is 0 Å². The average Bonchev–Trinajstić information content (AvgIpc) is 2.74. The van der Waals surface area contributed by atoms with E-state index >= 15 is 0 Å². The van der Waals surface area contributed by atoms with Gasteiger partial charge in [-0.05, 0) is 30.5 Å². The summed E-state index contributed by atoms with van der Waals surface area (Å²) in [6.45, 7) is 2.65. The fourth-order valence-electron chi connectivity index (χ4n) is 2.70. The number of nitrogens with one attached hydrogen (secondary N) is 1. The molecular formula is C15H18N4. The second kappa shape index (κ2) is 5.07. The highest BCUT2D eigenvalue weighted by molar-refractivity contribution is 5.37. The molecule has 98 valence electrons. The fourth-order valence-corrected chi connectivity index (χ4v) is 2.70. The van der Waals surface area contributed by atoms with Crippen molar-refractivity contribution in [2.24, 2.45) is 5.73 Å². The summed E-state index contributed by atoms with van der Waals surface area (Å²) in [5, 5.41) is 3.54. The summed E-state index contributed by atoms with van der Waals surface area (Å²) in [5.41, 5.74) is 9.77. The van der Waals surface area contributed by atoms with Crippen molar-refractivity contribution in [3.63, 3.8) is 0 Å². The number of aryl methyl sites for hydroxylation is 1. The molecule has 0 bridgehead atoms. The molecule has 1 heterocycles. The monoisotopic (exact) mass is 254 g/mol. The summed E-state index contributed by atoms with van der Waals surface area (Å²) in [6.07, 6.45) is 2.75. The number of rotatable bonds is 3. The van der Waals surface area contributed by atoms with Crippen molar-refractivity contribution < 1.29 is 0 Å². The summed E-state index contributed by atoms with van der Waals surface area (Å²) < 4.78 is 0. The van der Waals surface area contributed by atoms with E-state index in [1.807, 2.05) is 13.0 Å². The average molecular weight is 254 g/mol. The van der Waals surface area contributed by atoms with E-state index in [0.717, 1.165) is 24.5 Å². The van der Waals surface area contributed by atoms with Crippen molar-refractivity contribution in [2.75, 3.05) is 0 Å². The van der Waals surface area contributed by atoms with Crippen molar-refractivity contribution >= 4 is 0 Å². The third kappa shape index (κ3) is 2.50. The highest BCUT2D eigenvalue weighted by Crippen LogP contribution is 2.36. The van der Waals surface area contributed by atoms with Crippen LogP contribution in [0.2, 0.25) is 0 Å². The van der Waals surface area contributed by atoms with E-state index < -0.39 is 0 Å². The minimum absolute atomic E-state index is 0.140. The molecular weight excluding hydrogens is 236 g/mol. The summed E-state index contributed by atoms with van der Waals surface area (Å²) >= 11 is 0. The van der Waals surface area contributed by atoms with Gasteiger partial charge in [-0.25, -0.2) is 9.97 Å². The third-order valence-corrected chi connectivity index (χ3v) is 3.62. The molecule has 3 N–H and O–H groups in total. The SMILES string of the molecule is Cc1nccc(CNC2CC(N)c3ccccc32)n1. The van der Waals surface area contributed by atoms with Crippen LogP contribution in [0.15, 0.2) is 36.5 Å². The van der Waals surface area contributed by atoms with Gasteiger partial charge in [0.1, 0.15) is 5.82 Å². The summed E-state index contributed by atoms with van der Waals surface area (Å²) in [7, 11) is 0. The first-order chi connectivity index (χ1) is 9.24. The number of hydrogen-bond donors (Lipinski definition) is 2. The maximum absolute atomic E-state index is 6.16. The Balaban J connectivity index is 1.72. The van der Waals surface area contributed by atoms with Gasteiger partial charge in [0.2, 0.25) is 0 Å². The number of nitrogens with zero attached hydrogens (tertiary/aromatic N) is 2. The maximum Gasteiger partial charge on any atom is 0.125 e. The lowest BCUT2D eigenvalue weighted by Crippen LogP contribution is -2.20. The molecule has 3 rings (SSSR count). The van der Waals surface area contributed by atoms with E-state index in [-0.39, 0.29) is 6.04 Å². The van der Waals surface area contributed by atoms with Crippen molar-refractivity contribution in [1.82, 2.24) is 15.3 Å². The normalized spacial score (nSPS) is 21.4. The Morgan fingerprint density at radius 2 is 2.05 bits per heavy atom. The van der Waals surface area contributed by atoms with E-state index in [1.54, 1.807) is 6.20 Å². The van der Waals surface area contributed by atoms with Gasteiger partial charge in [-0.3, -0.25) is 0 Å². The van der Waals surface area contributed by atoms with Gasteiger partial charge in [-0.1, -0.05) is 24.3 Å². The van der Waals surface area contributed by atoms with Gasteiger partial charge >= 0.3 is 0 Å². The minimum Gasteiger partial charge on any atom is -0.324 e. The zero-order valence-electron chi connectivity index (χ0n) is 11.0. The zero-order valence-corrected chi connectivity index (χ0v) is 11.0. The molecule has 2 unspecified atom stereocenters. The Morgan fingerprint density at radius 3 is 2.84 bits per heavy atom. The van der Waals surface area contributed by atoms with Crippen LogP contribution in [-0.2, 0) is 6.54 Å². The van der Waals surface area contributed by atoms with Gasteiger partial charge in [0, 0.05) is 24.8 Å². The van der Waals surface area contributed by atoms with Crippen molar-refractivity contribution in [3.05, 3.63) is 59.2 Å². The molecule has 1 aromatic carbocycles. The van der Waals surface area contributed by atoms with Crippen LogP contribution in [0.5, 0.6) is 0 Å². The van der Waals surface area contributed by atoms with Crippen LogP contribution < -0.4 is 11.1 Å². The van der Waals surface area contributed by atoms with E-state index in [0.29, 0.717) is 6.04 Å². The van der Waals surface area contributed by atoms with Gasteiger partial charge < -0.3 is 11.1 Å². The zero-order chi connectivity index (χ0) is 13.2. The predicted octanol–water partition coefficient (Wildman–Crippen LogP) is 2.02. The number of benzene rings is 1. The standard InChI is InChI=1S/C15H18N4/c1-10-17-7-6-11(19-10)9-18-15-8-14(16)12-4-2-3-5-13(12)15/h2-7,14-15,18H,8-9,16H2,1H3. The molecule has 0 fully saturated rings. The Labute approximate surface area is 113 Å². The topological polar surface area (TPSA) is 63.8 Å². The number of nitrogens with two attached hydrogens (primary N) is 1. The molecule has 4 heteroatoms. The van der Waals surface area contributed by atoms with Crippen molar-refractivity contribution in [2.45, 2.75) is 32.0 Å². The van der Waals surface area contributed by atoms with E-state index in [9.17, 15) is 0 Å². The first kappa shape index (κ1) is 12.3. The highest BCUT2D eigenvalue weighted by atomic mass is 15.0. The summed E-state index contributed by atoms with van der Waals surface area (Å²) in [6, 6.07) is 10.8. The number of aromatic nitrogens is 2. The van der Waals surface area contributed by atoms with E-state index in [2.05, 4.69) is 39.6 Å². The lowest BCUT2D eigenvalue weighted by molar-refractivity contribution is 0.494. The largest absolute Gasteiger partial charge is 0.324 e. The molecule has 2 aromatic rings. The van der Waals surface area contributed by atoms with Gasteiger partial charge in [0.05, 0.1) is 5.69 Å². The molecule has 0 spiro atoms. The van der Waals surface area contributed by atoms with Gasteiger partial charge in [-0.2, -0.15) is 0 Å². The molecule has 0 aliphatic heterocycles. The Morgan fingerprint density at radius 1 is 1.26 bits per heavy atom. The van der Waals surface area contributed by atoms with Gasteiger partial charge in [0.25, 0.3) is 0 Å². The van der Waals surface area contributed by atoms with Crippen LogP contribution in [0.4, 0.5) is 0 Å². The Bertz CT molecular complexity index is 582. The number of hydrogen-bond acceptors (Lipinski definition) is 4. The first-order valence-electron chi connectivity index (χ1n) is 6.60. The second-order valence-corrected chi connectivity index (χ2v) is 5.00. The molecule has 0 amide bonds. The molecule has 19 heavy (non-hydrogen) atoms. The molecule has 1 aromatic heterocycles. The van der Waals surface area contributed by atoms with Crippen LogP contribution in [0.1, 0.15) is 41.1 Å². The fraction of sp³-hybridized carbons (Fsp3) is 0.333. The second-order valence-electron chi connectivity index (χ2n) is 5.00. The molecule has 4 nitrogen and oxygen atoms in total. The third-order valence-electron chi connectivity index (χ3n) is 3.62. The molecule has 0 saturated carbocycles.